The third-order valence-electron chi connectivity index (χ3n) is 4.49. The van der Waals surface area contributed by atoms with Gasteiger partial charge < -0.3 is 10.5 Å². The first-order valence-electron chi connectivity index (χ1n) is 8.10. The van der Waals surface area contributed by atoms with E-state index in [0.29, 0.717) is 11.4 Å². The van der Waals surface area contributed by atoms with E-state index < -0.39 is 0 Å². The minimum absolute atomic E-state index is 0.345. The van der Waals surface area contributed by atoms with Crippen molar-refractivity contribution in [2.75, 3.05) is 12.8 Å². The first kappa shape index (κ1) is 15.4. The zero-order chi connectivity index (χ0) is 16.2. The van der Waals surface area contributed by atoms with Gasteiger partial charge in [-0.05, 0) is 48.9 Å². The summed E-state index contributed by atoms with van der Waals surface area (Å²) < 4.78 is 5.23. The lowest BCUT2D eigenvalue weighted by atomic mass is 9.88. The number of hydrogen-bond donors (Lipinski definition) is 1. The predicted molar refractivity (Wildman–Crippen MR) is 91.2 cm³/mol. The highest BCUT2D eigenvalue weighted by atomic mass is 16.5. The highest BCUT2D eigenvalue weighted by Crippen LogP contribution is 2.35. The van der Waals surface area contributed by atoms with Crippen molar-refractivity contribution in [3.63, 3.8) is 0 Å². The SMILES string of the molecule is COc1ccc(-c2c(C#N)c(N)nc3c2CCCCCC3)cc1. The van der Waals surface area contributed by atoms with Crippen LogP contribution < -0.4 is 10.5 Å². The molecule has 0 bridgehead atoms. The maximum Gasteiger partial charge on any atom is 0.142 e. The summed E-state index contributed by atoms with van der Waals surface area (Å²) in [4.78, 5) is 4.54. The third kappa shape index (κ3) is 3.00. The lowest BCUT2D eigenvalue weighted by Crippen LogP contribution is -2.10. The van der Waals surface area contributed by atoms with Crippen LogP contribution in [-0.4, -0.2) is 12.1 Å². The van der Waals surface area contributed by atoms with Gasteiger partial charge in [-0.2, -0.15) is 5.26 Å². The molecule has 23 heavy (non-hydrogen) atoms. The smallest absolute Gasteiger partial charge is 0.142 e. The summed E-state index contributed by atoms with van der Waals surface area (Å²) in [6, 6.07) is 10.1. The Morgan fingerprint density at radius 2 is 1.78 bits per heavy atom. The van der Waals surface area contributed by atoms with E-state index in [0.717, 1.165) is 48.3 Å². The second-order valence-corrected chi connectivity index (χ2v) is 5.93. The normalized spacial score (nSPS) is 14.3. The number of pyridine rings is 1. The average molecular weight is 307 g/mol. The molecule has 0 unspecified atom stereocenters. The minimum Gasteiger partial charge on any atom is -0.497 e. The first-order chi connectivity index (χ1) is 11.2. The van der Waals surface area contributed by atoms with Gasteiger partial charge >= 0.3 is 0 Å². The monoisotopic (exact) mass is 307 g/mol. The molecule has 0 radical (unpaired) electrons. The highest BCUT2D eigenvalue weighted by Gasteiger charge is 2.20. The Hall–Kier alpha value is -2.54. The van der Waals surface area contributed by atoms with Gasteiger partial charge in [-0.25, -0.2) is 4.98 Å². The Bertz CT molecular complexity index is 745. The number of fused-ring (bicyclic) bond motifs is 1. The molecule has 1 aliphatic rings. The van der Waals surface area contributed by atoms with E-state index in [1.54, 1.807) is 7.11 Å². The van der Waals surface area contributed by atoms with E-state index in [-0.39, 0.29) is 0 Å². The molecule has 3 rings (SSSR count). The second kappa shape index (κ2) is 6.70. The summed E-state index contributed by atoms with van der Waals surface area (Å²) in [7, 11) is 1.65. The number of benzene rings is 1. The molecular formula is C19H21N3O. The molecule has 0 spiro atoms. The van der Waals surface area contributed by atoms with Gasteiger partial charge in [-0.1, -0.05) is 25.0 Å². The Morgan fingerprint density at radius 3 is 2.43 bits per heavy atom. The molecule has 1 aromatic heterocycles. The van der Waals surface area contributed by atoms with Crippen LogP contribution in [0.5, 0.6) is 5.75 Å². The van der Waals surface area contributed by atoms with Crippen LogP contribution >= 0.6 is 0 Å². The molecule has 1 aliphatic carbocycles. The van der Waals surface area contributed by atoms with Gasteiger partial charge in [0.2, 0.25) is 0 Å². The van der Waals surface area contributed by atoms with E-state index >= 15 is 0 Å². The zero-order valence-electron chi connectivity index (χ0n) is 13.4. The third-order valence-corrected chi connectivity index (χ3v) is 4.49. The summed E-state index contributed by atoms with van der Waals surface area (Å²) >= 11 is 0. The summed E-state index contributed by atoms with van der Waals surface area (Å²) in [6.07, 6.45) is 6.62. The number of rotatable bonds is 2. The van der Waals surface area contributed by atoms with Crippen LogP contribution in [0.3, 0.4) is 0 Å². The van der Waals surface area contributed by atoms with Crippen molar-refractivity contribution < 1.29 is 4.74 Å². The van der Waals surface area contributed by atoms with Crippen LogP contribution in [-0.2, 0) is 12.8 Å². The first-order valence-corrected chi connectivity index (χ1v) is 8.10. The van der Waals surface area contributed by atoms with Crippen molar-refractivity contribution in [2.45, 2.75) is 38.5 Å². The minimum atomic E-state index is 0.345. The van der Waals surface area contributed by atoms with Crippen molar-refractivity contribution in [3.8, 4) is 22.9 Å². The summed E-state index contributed by atoms with van der Waals surface area (Å²) in [6.45, 7) is 0. The Labute approximate surface area is 136 Å². The largest absolute Gasteiger partial charge is 0.497 e. The van der Waals surface area contributed by atoms with Gasteiger partial charge in [0.05, 0.1) is 7.11 Å². The van der Waals surface area contributed by atoms with Crippen molar-refractivity contribution in [2.24, 2.45) is 0 Å². The molecule has 0 saturated heterocycles. The number of methoxy groups -OCH3 is 1. The van der Waals surface area contributed by atoms with E-state index in [1.165, 1.54) is 18.4 Å². The van der Waals surface area contributed by atoms with Gasteiger partial charge in [0, 0.05) is 11.3 Å². The van der Waals surface area contributed by atoms with Crippen LogP contribution in [0.2, 0.25) is 0 Å². The maximum atomic E-state index is 9.59. The summed E-state index contributed by atoms with van der Waals surface area (Å²) in [5.41, 5.74) is 10.8. The number of ether oxygens (including phenoxy) is 1. The number of nitrogens with zero attached hydrogens (tertiary/aromatic N) is 2. The van der Waals surface area contributed by atoms with E-state index in [4.69, 9.17) is 10.5 Å². The number of hydrogen-bond acceptors (Lipinski definition) is 4. The second-order valence-electron chi connectivity index (χ2n) is 5.93. The van der Waals surface area contributed by atoms with Crippen molar-refractivity contribution in [1.82, 2.24) is 4.98 Å². The van der Waals surface area contributed by atoms with Gasteiger partial charge in [-0.15, -0.1) is 0 Å². The fourth-order valence-corrected chi connectivity index (χ4v) is 3.31. The lowest BCUT2D eigenvalue weighted by Gasteiger charge is -2.19. The number of nitrogens with two attached hydrogens (primary N) is 1. The molecule has 4 nitrogen and oxygen atoms in total. The van der Waals surface area contributed by atoms with Crippen LogP contribution in [0.4, 0.5) is 5.82 Å². The molecule has 118 valence electrons. The quantitative estimate of drug-likeness (QED) is 0.914. The molecule has 4 heteroatoms. The lowest BCUT2D eigenvalue weighted by molar-refractivity contribution is 0.415. The maximum absolute atomic E-state index is 9.59. The highest BCUT2D eigenvalue weighted by molar-refractivity contribution is 5.79. The van der Waals surface area contributed by atoms with E-state index in [9.17, 15) is 5.26 Å². The molecule has 0 aliphatic heterocycles. The van der Waals surface area contributed by atoms with Crippen molar-refractivity contribution in [3.05, 3.63) is 41.1 Å². The van der Waals surface area contributed by atoms with Crippen molar-refractivity contribution >= 4 is 5.82 Å². The van der Waals surface area contributed by atoms with Crippen molar-refractivity contribution in [1.29, 1.82) is 5.26 Å². The molecular weight excluding hydrogens is 286 g/mol. The Balaban J connectivity index is 2.21. The van der Waals surface area contributed by atoms with Gasteiger partial charge in [0.25, 0.3) is 0 Å². The summed E-state index contributed by atoms with van der Waals surface area (Å²) in [5, 5.41) is 9.59. The van der Waals surface area contributed by atoms with Crippen LogP contribution in [0.15, 0.2) is 24.3 Å². The fraction of sp³-hybridized carbons (Fsp3) is 0.368. The zero-order valence-corrected chi connectivity index (χ0v) is 13.4. The number of aromatic nitrogens is 1. The number of aryl methyl sites for hydroxylation is 1. The molecule has 0 amide bonds. The predicted octanol–water partition coefficient (Wildman–Crippen LogP) is 3.87. The molecule has 1 aromatic carbocycles. The number of nitrogen functional groups attached to an aromatic ring is 1. The van der Waals surface area contributed by atoms with Gasteiger partial charge in [0.15, 0.2) is 0 Å². The molecule has 0 fully saturated rings. The van der Waals surface area contributed by atoms with Crippen LogP contribution in [0.25, 0.3) is 11.1 Å². The number of nitriles is 1. The molecule has 0 atom stereocenters. The molecule has 2 aromatic rings. The van der Waals surface area contributed by atoms with E-state index in [2.05, 4.69) is 11.1 Å². The Morgan fingerprint density at radius 1 is 1.09 bits per heavy atom. The van der Waals surface area contributed by atoms with Gasteiger partial charge in [0.1, 0.15) is 23.2 Å². The topological polar surface area (TPSA) is 71.9 Å². The van der Waals surface area contributed by atoms with Crippen LogP contribution in [0.1, 0.15) is 42.5 Å². The van der Waals surface area contributed by atoms with Gasteiger partial charge in [-0.3, -0.25) is 0 Å². The fourth-order valence-electron chi connectivity index (χ4n) is 3.31. The molecule has 2 N–H and O–H groups in total. The Kier molecular flexibility index (Phi) is 4.47. The average Bonchev–Trinajstić information content (AvgIpc) is 2.56. The molecule has 1 heterocycles. The van der Waals surface area contributed by atoms with E-state index in [1.807, 2.05) is 24.3 Å². The number of anilines is 1. The standard InChI is InChI=1S/C19H21N3O/c1-23-14-10-8-13(9-11-14)18-15-6-4-2-3-5-7-17(15)22-19(21)16(18)12-20/h8-11H,2-7H2,1H3,(H2,21,22). The van der Waals surface area contributed by atoms with Crippen LogP contribution in [0, 0.1) is 11.3 Å². The molecule has 0 saturated carbocycles. The summed E-state index contributed by atoms with van der Waals surface area (Å²) in [5.74, 6) is 1.15.